The van der Waals surface area contributed by atoms with Crippen LogP contribution in [0.4, 0.5) is 20.3 Å². The SMILES string of the molecule is CN=C(NCc1ccc(N2CCN(C)CC2)nc1)N1CCN(c2cc(F)ccc2F)CC1.I. The predicted molar refractivity (Wildman–Crippen MR) is 140 cm³/mol. The number of anilines is 2. The number of hydrogen-bond acceptors (Lipinski definition) is 5. The Hall–Kier alpha value is -2.21. The number of piperazine rings is 2. The van der Waals surface area contributed by atoms with Gasteiger partial charge in [-0.05, 0) is 30.8 Å². The molecule has 180 valence electrons. The second-order valence-electron chi connectivity index (χ2n) is 8.29. The van der Waals surface area contributed by atoms with Crippen LogP contribution in [0.15, 0.2) is 41.5 Å². The number of pyridine rings is 1. The van der Waals surface area contributed by atoms with Crippen LogP contribution in [0.5, 0.6) is 0 Å². The van der Waals surface area contributed by atoms with Crippen molar-refractivity contribution in [2.75, 3.05) is 76.3 Å². The third kappa shape index (κ3) is 6.44. The second kappa shape index (κ2) is 11.8. The number of halogens is 3. The smallest absolute Gasteiger partial charge is 0.194 e. The zero-order valence-corrected chi connectivity index (χ0v) is 21.5. The van der Waals surface area contributed by atoms with Gasteiger partial charge < -0.3 is 24.9 Å². The van der Waals surface area contributed by atoms with Crippen molar-refractivity contribution < 1.29 is 8.78 Å². The highest BCUT2D eigenvalue weighted by atomic mass is 127. The normalized spacial score (nSPS) is 17.7. The number of nitrogens with one attached hydrogen (secondary N) is 1. The maximum atomic E-state index is 14.1. The van der Waals surface area contributed by atoms with Gasteiger partial charge in [-0.15, -0.1) is 24.0 Å². The number of likely N-dealkylation sites (N-methyl/N-ethyl adjacent to an activating group) is 1. The zero-order chi connectivity index (χ0) is 22.5. The first-order valence-electron chi connectivity index (χ1n) is 11.1. The first-order chi connectivity index (χ1) is 15.5. The summed E-state index contributed by atoms with van der Waals surface area (Å²) in [5.41, 5.74) is 1.41. The summed E-state index contributed by atoms with van der Waals surface area (Å²) in [5, 5.41) is 3.40. The van der Waals surface area contributed by atoms with Crippen molar-refractivity contribution in [3.63, 3.8) is 0 Å². The number of hydrogen-bond donors (Lipinski definition) is 1. The highest BCUT2D eigenvalue weighted by molar-refractivity contribution is 14.0. The minimum absolute atomic E-state index is 0. The largest absolute Gasteiger partial charge is 0.366 e. The molecule has 0 bridgehead atoms. The number of rotatable bonds is 4. The van der Waals surface area contributed by atoms with E-state index in [0.717, 1.165) is 49.6 Å². The Balaban J connectivity index is 0.00000306. The highest BCUT2D eigenvalue weighted by Crippen LogP contribution is 2.22. The average Bonchev–Trinajstić information content (AvgIpc) is 2.82. The van der Waals surface area contributed by atoms with Crippen LogP contribution in [0.2, 0.25) is 0 Å². The van der Waals surface area contributed by atoms with Crippen LogP contribution in [0.1, 0.15) is 5.56 Å². The standard InChI is InChI=1S/C23H31F2N7.HI/c1-26-23(32-13-11-30(12-14-32)21-15-19(24)4-5-20(21)25)28-17-18-3-6-22(27-16-18)31-9-7-29(2)8-10-31;/h3-6,15-16H,7-14,17H2,1-2H3,(H,26,28);1H. The predicted octanol–water partition coefficient (Wildman–Crippen LogP) is 2.63. The Labute approximate surface area is 211 Å². The van der Waals surface area contributed by atoms with Crippen molar-refractivity contribution in [1.82, 2.24) is 20.1 Å². The molecule has 0 radical (unpaired) electrons. The molecule has 10 heteroatoms. The van der Waals surface area contributed by atoms with Crippen molar-refractivity contribution in [2.45, 2.75) is 6.54 Å². The van der Waals surface area contributed by atoms with Gasteiger partial charge in [0.2, 0.25) is 0 Å². The lowest BCUT2D eigenvalue weighted by atomic mass is 10.2. The van der Waals surface area contributed by atoms with Crippen LogP contribution >= 0.6 is 24.0 Å². The van der Waals surface area contributed by atoms with Crippen LogP contribution in [0.3, 0.4) is 0 Å². The summed E-state index contributed by atoms with van der Waals surface area (Å²) in [4.78, 5) is 17.7. The van der Waals surface area contributed by atoms with Crippen molar-refractivity contribution in [3.05, 3.63) is 53.7 Å². The monoisotopic (exact) mass is 571 g/mol. The molecule has 0 unspecified atom stereocenters. The molecule has 7 nitrogen and oxygen atoms in total. The molecule has 1 aromatic heterocycles. The van der Waals surface area contributed by atoms with Gasteiger partial charge >= 0.3 is 0 Å². The fraction of sp³-hybridized carbons (Fsp3) is 0.478. The van der Waals surface area contributed by atoms with Gasteiger partial charge in [0.05, 0.1) is 5.69 Å². The van der Waals surface area contributed by atoms with Gasteiger partial charge in [0.25, 0.3) is 0 Å². The summed E-state index contributed by atoms with van der Waals surface area (Å²) in [6.07, 6.45) is 1.92. The summed E-state index contributed by atoms with van der Waals surface area (Å²) in [6.45, 7) is 7.29. The lowest BCUT2D eigenvalue weighted by molar-refractivity contribution is 0.312. The van der Waals surface area contributed by atoms with Crippen LogP contribution in [0.25, 0.3) is 0 Å². The molecule has 2 aliphatic heterocycles. The molecule has 2 aromatic rings. The third-order valence-corrected chi connectivity index (χ3v) is 6.13. The molecule has 2 saturated heterocycles. The number of guanidine groups is 1. The van der Waals surface area contributed by atoms with Crippen LogP contribution in [0, 0.1) is 11.6 Å². The zero-order valence-electron chi connectivity index (χ0n) is 19.2. The van der Waals surface area contributed by atoms with E-state index in [2.05, 4.69) is 49.2 Å². The highest BCUT2D eigenvalue weighted by Gasteiger charge is 2.22. The summed E-state index contributed by atoms with van der Waals surface area (Å²) in [6, 6.07) is 7.77. The molecule has 1 aromatic carbocycles. The molecule has 2 aliphatic rings. The fourth-order valence-electron chi connectivity index (χ4n) is 4.14. The molecule has 1 N–H and O–H groups in total. The first-order valence-corrected chi connectivity index (χ1v) is 11.1. The van der Waals surface area contributed by atoms with Gasteiger partial charge in [0.1, 0.15) is 17.5 Å². The summed E-state index contributed by atoms with van der Waals surface area (Å²) in [7, 11) is 3.90. The quantitative estimate of drug-likeness (QED) is 0.346. The van der Waals surface area contributed by atoms with E-state index in [0.29, 0.717) is 38.4 Å². The molecule has 4 rings (SSSR count). The van der Waals surface area contributed by atoms with E-state index >= 15 is 0 Å². The second-order valence-corrected chi connectivity index (χ2v) is 8.29. The van der Waals surface area contributed by atoms with Crippen LogP contribution < -0.4 is 15.1 Å². The van der Waals surface area contributed by atoms with Crippen LogP contribution in [-0.4, -0.2) is 87.2 Å². The van der Waals surface area contributed by atoms with Gasteiger partial charge in [-0.1, -0.05) is 6.07 Å². The number of aliphatic imine (C=N–C) groups is 1. The molecule has 3 heterocycles. The Kier molecular flexibility index (Phi) is 9.07. The third-order valence-electron chi connectivity index (χ3n) is 6.13. The van der Waals surface area contributed by atoms with Gasteiger partial charge in [0.15, 0.2) is 5.96 Å². The molecular weight excluding hydrogens is 539 g/mol. The lowest BCUT2D eigenvalue weighted by Crippen LogP contribution is -2.52. The van der Waals surface area contributed by atoms with E-state index in [-0.39, 0.29) is 24.0 Å². The Morgan fingerprint density at radius 3 is 2.30 bits per heavy atom. The number of nitrogens with zero attached hydrogens (tertiary/aromatic N) is 6. The van der Waals surface area contributed by atoms with E-state index in [4.69, 9.17) is 0 Å². The molecular formula is C23H32F2IN7. The fourth-order valence-corrected chi connectivity index (χ4v) is 4.14. The molecule has 0 amide bonds. The van der Waals surface area contributed by atoms with Gasteiger partial charge in [-0.2, -0.15) is 0 Å². The maximum Gasteiger partial charge on any atom is 0.194 e. The van der Waals surface area contributed by atoms with Crippen molar-refractivity contribution in [3.8, 4) is 0 Å². The Morgan fingerprint density at radius 1 is 0.970 bits per heavy atom. The van der Waals surface area contributed by atoms with E-state index in [9.17, 15) is 8.78 Å². The topological polar surface area (TPSA) is 50.2 Å². The number of benzene rings is 1. The molecule has 33 heavy (non-hydrogen) atoms. The van der Waals surface area contributed by atoms with E-state index in [1.165, 1.54) is 12.1 Å². The molecule has 0 spiro atoms. The summed E-state index contributed by atoms with van der Waals surface area (Å²) < 4.78 is 27.6. The van der Waals surface area contributed by atoms with Crippen LogP contribution in [-0.2, 0) is 6.54 Å². The van der Waals surface area contributed by atoms with Crippen molar-refractivity contribution in [2.24, 2.45) is 4.99 Å². The number of aromatic nitrogens is 1. The molecule has 0 aliphatic carbocycles. The Morgan fingerprint density at radius 2 is 1.67 bits per heavy atom. The Bertz CT molecular complexity index is 925. The minimum Gasteiger partial charge on any atom is -0.366 e. The average molecular weight is 571 g/mol. The van der Waals surface area contributed by atoms with Gasteiger partial charge in [0, 0.05) is 78.2 Å². The van der Waals surface area contributed by atoms with Gasteiger partial charge in [-0.25, -0.2) is 13.8 Å². The first kappa shape index (κ1) is 25.4. The van der Waals surface area contributed by atoms with Crippen molar-refractivity contribution in [1.29, 1.82) is 0 Å². The lowest BCUT2D eigenvalue weighted by Gasteiger charge is -2.37. The van der Waals surface area contributed by atoms with E-state index < -0.39 is 11.6 Å². The summed E-state index contributed by atoms with van der Waals surface area (Å²) in [5.74, 6) is 1.00. The minimum atomic E-state index is -0.423. The van der Waals surface area contributed by atoms with E-state index in [1.54, 1.807) is 7.05 Å². The summed E-state index contributed by atoms with van der Waals surface area (Å²) >= 11 is 0. The van der Waals surface area contributed by atoms with Crippen molar-refractivity contribution >= 4 is 41.4 Å². The molecule has 0 atom stereocenters. The maximum absolute atomic E-state index is 14.1. The van der Waals surface area contributed by atoms with E-state index in [1.807, 2.05) is 11.1 Å². The van der Waals surface area contributed by atoms with Gasteiger partial charge in [-0.3, -0.25) is 4.99 Å². The molecule has 0 saturated carbocycles. The molecule has 2 fully saturated rings.